The molecule has 0 spiro atoms. The Balaban J connectivity index is 1.50. The molecule has 0 unspecified atom stereocenters. The zero-order valence-electron chi connectivity index (χ0n) is 19.0. The van der Waals surface area contributed by atoms with Crippen molar-refractivity contribution in [3.63, 3.8) is 0 Å². The number of hydrogen-bond donors (Lipinski definition) is 0. The van der Waals surface area contributed by atoms with E-state index in [1.165, 1.54) is 16.4 Å². The summed E-state index contributed by atoms with van der Waals surface area (Å²) in [6, 6.07) is 14.0. The Kier molecular flexibility index (Phi) is 8.91. The fraction of sp³-hybridized carbons (Fsp3) is 0.375. The molecule has 1 heterocycles. The maximum Gasteiger partial charge on any atom is 0.243 e. The van der Waals surface area contributed by atoms with Crippen molar-refractivity contribution in [2.24, 2.45) is 0 Å². The van der Waals surface area contributed by atoms with E-state index in [2.05, 4.69) is 4.90 Å². The highest BCUT2D eigenvalue weighted by Gasteiger charge is 2.28. The Morgan fingerprint density at radius 2 is 1.76 bits per heavy atom. The largest absolute Gasteiger partial charge is 0.496 e. The molecule has 0 N–H and O–H groups in total. The van der Waals surface area contributed by atoms with Gasteiger partial charge in [0, 0.05) is 63.3 Å². The molecule has 2 aromatic carbocycles. The Hall–Kier alpha value is -2.39. The van der Waals surface area contributed by atoms with Crippen molar-refractivity contribution >= 4 is 33.6 Å². The molecule has 0 radical (unpaired) electrons. The minimum Gasteiger partial charge on any atom is -0.496 e. The second kappa shape index (κ2) is 11.7. The molecule has 1 fully saturated rings. The number of benzene rings is 2. The number of para-hydroxylation sites is 1. The van der Waals surface area contributed by atoms with Gasteiger partial charge in [0.2, 0.25) is 15.9 Å². The van der Waals surface area contributed by atoms with Gasteiger partial charge in [-0.1, -0.05) is 42.0 Å². The third kappa shape index (κ3) is 6.80. The summed E-state index contributed by atoms with van der Waals surface area (Å²) in [6.45, 7) is 5.40. The standard InChI is InChI=1S/C24H30ClN3O4S/c1-20(29)27(13-5-7-21-6-3-4-8-24(21)32-2)17-14-26-15-18-28(19-16-26)33(30,31)23-11-9-22(25)10-12-23/h3-12H,13-19H2,1-2H3/b7-5+. The van der Waals surface area contributed by atoms with Gasteiger partial charge >= 0.3 is 0 Å². The van der Waals surface area contributed by atoms with Gasteiger partial charge in [0.1, 0.15) is 5.75 Å². The fourth-order valence-corrected chi connectivity index (χ4v) is 5.25. The SMILES string of the molecule is COc1ccccc1/C=C/CN(CCN1CCN(S(=O)(=O)c2ccc(Cl)cc2)CC1)C(C)=O. The molecule has 7 nitrogen and oxygen atoms in total. The van der Waals surface area contributed by atoms with Gasteiger partial charge in [0.25, 0.3) is 0 Å². The van der Waals surface area contributed by atoms with E-state index in [-0.39, 0.29) is 10.8 Å². The van der Waals surface area contributed by atoms with Crippen LogP contribution in [0.25, 0.3) is 6.08 Å². The summed E-state index contributed by atoms with van der Waals surface area (Å²) in [5.41, 5.74) is 0.960. The van der Waals surface area contributed by atoms with Gasteiger partial charge in [-0.2, -0.15) is 4.31 Å². The Bertz CT molecular complexity index is 1070. The second-order valence-corrected chi connectivity index (χ2v) is 10.2. The normalized spacial score (nSPS) is 15.6. The van der Waals surface area contributed by atoms with Crippen LogP contribution in [0.1, 0.15) is 12.5 Å². The average Bonchev–Trinajstić information content (AvgIpc) is 2.82. The van der Waals surface area contributed by atoms with Crippen LogP contribution in [0.5, 0.6) is 5.75 Å². The minimum atomic E-state index is -3.53. The lowest BCUT2D eigenvalue weighted by Gasteiger charge is -2.35. The van der Waals surface area contributed by atoms with Crippen molar-refractivity contribution in [1.82, 2.24) is 14.1 Å². The maximum absolute atomic E-state index is 12.8. The predicted octanol–water partition coefficient (Wildman–Crippen LogP) is 3.22. The molecule has 1 aliphatic rings. The molecule has 33 heavy (non-hydrogen) atoms. The van der Waals surface area contributed by atoms with Crippen molar-refractivity contribution in [2.45, 2.75) is 11.8 Å². The van der Waals surface area contributed by atoms with Crippen molar-refractivity contribution in [1.29, 1.82) is 0 Å². The number of piperazine rings is 1. The number of ether oxygens (including phenoxy) is 1. The first-order valence-corrected chi connectivity index (χ1v) is 12.7. The van der Waals surface area contributed by atoms with Crippen LogP contribution in [0.3, 0.4) is 0 Å². The lowest BCUT2D eigenvalue weighted by Crippen LogP contribution is -2.50. The van der Waals surface area contributed by atoms with Gasteiger partial charge < -0.3 is 9.64 Å². The lowest BCUT2D eigenvalue weighted by atomic mass is 10.2. The van der Waals surface area contributed by atoms with E-state index >= 15 is 0 Å². The van der Waals surface area contributed by atoms with E-state index in [1.807, 2.05) is 36.4 Å². The van der Waals surface area contributed by atoms with Crippen molar-refractivity contribution in [2.75, 3.05) is 52.9 Å². The number of methoxy groups -OCH3 is 1. The fourth-order valence-electron chi connectivity index (χ4n) is 3.70. The number of amides is 1. The van der Waals surface area contributed by atoms with Crippen molar-refractivity contribution < 1.29 is 17.9 Å². The number of carbonyl (C=O) groups excluding carboxylic acids is 1. The van der Waals surface area contributed by atoms with Gasteiger partial charge in [-0.15, -0.1) is 0 Å². The van der Waals surface area contributed by atoms with E-state index in [0.29, 0.717) is 50.8 Å². The summed E-state index contributed by atoms with van der Waals surface area (Å²) in [7, 11) is -1.89. The van der Waals surface area contributed by atoms with Crippen LogP contribution in [0.2, 0.25) is 5.02 Å². The summed E-state index contributed by atoms with van der Waals surface area (Å²) in [6.07, 6.45) is 3.91. The van der Waals surface area contributed by atoms with E-state index in [4.69, 9.17) is 16.3 Å². The van der Waals surface area contributed by atoms with Crippen molar-refractivity contribution in [3.8, 4) is 5.75 Å². The monoisotopic (exact) mass is 491 g/mol. The highest BCUT2D eigenvalue weighted by Crippen LogP contribution is 2.20. The molecular weight excluding hydrogens is 462 g/mol. The van der Waals surface area contributed by atoms with Crippen LogP contribution in [-0.4, -0.2) is 81.4 Å². The van der Waals surface area contributed by atoms with Gasteiger partial charge in [0.15, 0.2) is 0 Å². The molecule has 0 aliphatic carbocycles. The molecule has 3 rings (SSSR count). The molecule has 0 atom stereocenters. The molecule has 0 saturated carbocycles. The number of rotatable bonds is 9. The summed E-state index contributed by atoms with van der Waals surface area (Å²) in [5, 5.41) is 0.506. The summed E-state index contributed by atoms with van der Waals surface area (Å²) < 4.78 is 32.5. The molecule has 178 valence electrons. The molecular formula is C24H30ClN3O4S. The Morgan fingerprint density at radius 3 is 2.39 bits per heavy atom. The van der Waals surface area contributed by atoms with Crippen molar-refractivity contribution in [3.05, 3.63) is 65.2 Å². The first-order valence-electron chi connectivity index (χ1n) is 10.8. The van der Waals surface area contributed by atoms with Crippen LogP contribution in [0.4, 0.5) is 0 Å². The average molecular weight is 492 g/mol. The van der Waals surface area contributed by atoms with E-state index in [0.717, 1.165) is 11.3 Å². The van der Waals surface area contributed by atoms with Crippen LogP contribution in [0.15, 0.2) is 59.5 Å². The number of carbonyl (C=O) groups is 1. The number of sulfonamides is 1. The number of halogens is 1. The van der Waals surface area contributed by atoms with E-state index < -0.39 is 10.0 Å². The highest BCUT2D eigenvalue weighted by atomic mass is 35.5. The molecule has 0 aromatic heterocycles. The molecule has 1 aliphatic heterocycles. The predicted molar refractivity (Wildman–Crippen MR) is 131 cm³/mol. The van der Waals surface area contributed by atoms with Crippen LogP contribution in [-0.2, 0) is 14.8 Å². The summed E-state index contributed by atoms with van der Waals surface area (Å²) >= 11 is 5.87. The van der Waals surface area contributed by atoms with Gasteiger partial charge in [-0.05, 0) is 30.3 Å². The number of nitrogens with zero attached hydrogens (tertiary/aromatic N) is 3. The zero-order chi connectivity index (χ0) is 23.8. The Labute approximate surface area is 201 Å². The van der Waals surface area contributed by atoms with Gasteiger partial charge in [-0.25, -0.2) is 8.42 Å². The zero-order valence-corrected chi connectivity index (χ0v) is 20.6. The van der Waals surface area contributed by atoms with Crippen LogP contribution >= 0.6 is 11.6 Å². The van der Waals surface area contributed by atoms with E-state index in [9.17, 15) is 13.2 Å². The number of hydrogen-bond acceptors (Lipinski definition) is 5. The molecule has 2 aromatic rings. The lowest BCUT2D eigenvalue weighted by molar-refractivity contribution is -0.128. The maximum atomic E-state index is 12.8. The minimum absolute atomic E-state index is 0.00336. The van der Waals surface area contributed by atoms with E-state index in [1.54, 1.807) is 31.1 Å². The molecule has 9 heteroatoms. The highest BCUT2D eigenvalue weighted by molar-refractivity contribution is 7.89. The van der Waals surface area contributed by atoms with Crippen LogP contribution in [0, 0.1) is 0 Å². The second-order valence-electron chi connectivity index (χ2n) is 7.81. The topological polar surface area (TPSA) is 70.2 Å². The first kappa shape index (κ1) is 25.2. The third-order valence-corrected chi connectivity index (χ3v) is 7.84. The molecule has 0 bridgehead atoms. The van der Waals surface area contributed by atoms with Gasteiger partial charge in [-0.3, -0.25) is 9.69 Å². The quantitative estimate of drug-likeness (QED) is 0.538. The van der Waals surface area contributed by atoms with Crippen LogP contribution < -0.4 is 4.74 Å². The molecule has 1 saturated heterocycles. The van der Waals surface area contributed by atoms with Gasteiger partial charge in [0.05, 0.1) is 12.0 Å². The summed E-state index contributed by atoms with van der Waals surface area (Å²) in [4.78, 5) is 16.3. The smallest absolute Gasteiger partial charge is 0.243 e. The summed E-state index contributed by atoms with van der Waals surface area (Å²) in [5.74, 6) is 0.790. The molecule has 1 amide bonds. The Morgan fingerprint density at radius 1 is 1.09 bits per heavy atom. The third-order valence-electron chi connectivity index (χ3n) is 5.68. The first-order chi connectivity index (χ1) is 15.8.